The first kappa shape index (κ1) is 31.6. The van der Waals surface area contributed by atoms with E-state index in [0.29, 0.717) is 17.7 Å². The zero-order chi connectivity index (χ0) is 32.5. The molecule has 1 aromatic heterocycles. The first-order valence-electron chi connectivity index (χ1n) is 15.5. The lowest BCUT2D eigenvalue weighted by Crippen LogP contribution is -2.58. The molecule has 0 amide bonds. The summed E-state index contributed by atoms with van der Waals surface area (Å²) in [6.45, 7) is 2.98. The van der Waals surface area contributed by atoms with Gasteiger partial charge in [-0.05, 0) is 72.6 Å². The van der Waals surface area contributed by atoms with Crippen molar-refractivity contribution in [3.05, 3.63) is 59.3 Å². The maximum absolute atomic E-state index is 13.4. The van der Waals surface area contributed by atoms with Crippen LogP contribution in [0.4, 0.5) is 0 Å². The van der Waals surface area contributed by atoms with E-state index < -0.39 is 30.1 Å². The molecule has 1 saturated carbocycles. The third-order valence-corrected chi connectivity index (χ3v) is 9.72. The second-order valence-electron chi connectivity index (χ2n) is 12.1. The molecule has 3 aliphatic rings. The van der Waals surface area contributed by atoms with E-state index in [-0.39, 0.29) is 29.6 Å². The number of nitrogens with zero attached hydrogens (tertiary/aromatic N) is 1. The Hall–Kier alpha value is -4.35. The Labute approximate surface area is 267 Å². The number of aromatic amines is 1. The van der Waals surface area contributed by atoms with Gasteiger partial charge in [-0.3, -0.25) is 14.5 Å². The largest absolute Gasteiger partial charge is 0.497 e. The molecular weight excluding hydrogens is 592 g/mol. The van der Waals surface area contributed by atoms with E-state index >= 15 is 0 Å². The maximum atomic E-state index is 13.4. The van der Waals surface area contributed by atoms with Gasteiger partial charge in [0, 0.05) is 55.9 Å². The molecule has 1 saturated heterocycles. The van der Waals surface area contributed by atoms with Gasteiger partial charge >= 0.3 is 17.9 Å². The van der Waals surface area contributed by atoms with Gasteiger partial charge in [0.25, 0.3) is 0 Å². The highest BCUT2D eigenvalue weighted by atomic mass is 16.6. The van der Waals surface area contributed by atoms with Crippen molar-refractivity contribution in [2.45, 2.75) is 44.4 Å². The van der Waals surface area contributed by atoms with Crippen molar-refractivity contribution >= 4 is 34.9 Å². The minimum Gasteiger partial charge on any atom is -0.497 e. The molecular formula is C35H40N2O9. The zero-order valence-electron chi connectivity index (χ0n) is 26.7. The van der Waals surface area contributed by atoms with Gasteiger partial charge < -0.3 is 33.4 Å². The van der Waals surface area contributed by atoms with Crippen molar-refractivity contribution < 1.29 is 42.8 Å². The van der Waals surface area contributed by atoms with E-state index in [1.54, 1.807) is 38.5 Å². The number of piperidine rings is 1. The van der Waals surface area contributed by atoms with Gasteiger partial charge in [-0.2, -0.15) is 0 Å². The van der Waals surface area contributed by atoms with Crippen molar-refractivity contribution in [2.75, 3.05) is 41.5 Å². The zero-order valence-corrected chi connectivity index (χ0v) is 26.7. The average Bonchev–Trinajstić information content (AvgIpc) is 3.43. The minimum absolute atomic E-state index is 0.0185. The second kappa shape index (κ2) is 13.2. The van der Waals surface area contributed by atoms with Crippen molar-refractivity contribution in [2.24, 2.45) is 17.8 Å². The quantitative estimate of drug-likeness (QED) is 0.216. The molecule has 46 heavy (non-hydrogen) atoms. The number of carbonyl (C=O) groups excluding carboxylic acids is 3. The fourth-order valence-electron chi connectivity index (χ4n) is 7.74. The molecule has 3 heterocycles. The monoisotopic (exact) mass is 632 g/mol. The summed E-state index contributed by atoms with van der Waals surface area (Å²) in [6, 6.07) is 11.2. The van der Waals surface area contributed by atoms with Gasteiger partial charge in [0.1, 0.15) is 18.0 Å². The number of nitrogens with one attached hydrogen (secondary N) is 1. The molecule has 244 valence electrons. The van der Waals surface area contributed by atoms with Gasteiger partial charge in [-0.25, -0.2) is 4.79 Å². The molecule has 2 aliphatic heterocycles. The topological polar surface area (TPSA) is 126 Å². The van der Waals surface area contributed by atoms with Crippen molar-refractivity contribution in [3.63, 3.8) is 0 Å². The van der Waals surface area contributed by atoms with Gasteiger partial charge in [0.05, 0.1) is 33.3 Å². The van der Waals surface area contributed by atoms with Crippen LogP contribution in [0.3, 0.4) is 0 Å². The SMILES string of the molecule is COC(=O)[C@H]1[C@H]2C[C@@H]3c4[nH]c5cc(OC)ccc5c4CCN3C[C@H]2C[C@@H](OC(=O)C=Cc2ccc(OC)c(OC(C)=O)c2)[C@@H]1OC. The lowest BCUT2D eigenvalue weighted by atomic mass is 9.63. The maximum Gasteiger partial charge on any atom is 0.331 e. The van der Waals surface area contributed by atoms with Crippen LogP contribution in [-0.4, -0.2) is 81.5 Å². The number of fused-ring (bicyclic) bond motifs is 6. The van der Waals surface area contributed by atoms with Gasteiger partial charge in [-0.1, -0.05) is 6.07 Å². The van der Waals surface area contributed by atoms with Crippen LogP contribution in [0.2, 0.25) is 0 Å². The molecule has 1 N–H and O–H groups in total. The van der Waals surface area contributed by atoms with Gasteiger partial charge in [0.15, 0.2) is 11.5 Å². The number of carbonyl (C=O) groups is 3. The molecule has 2 aromatic carbocycles. The third-order valence-electron chi connectivity index (χ3n) is 9.72. The molecule has 6 atom stereocenters. The van der Waals surface area contributed by atoms with Crippen molar-refractivity contribution in [3.8, 4) is 17.2 Å². The number of methoxy groups -OCH3 is 4. The summed E-state index contributed by atoms with van der Waals surface area (Å²) >= 11 is 0. The Kier molecular flexibility index (Phi) is 9.06. The van der Waals surface area contributed by atoms with E-state index in [0.717, 1.165) is 37.2 Å². The lowest BCUT2D eigenvalue weighted by Gasteiger charge is -2.52. The summed E-state index contributed by atoms with van der Waals surface area (Å²) in [5.74, 6) is -0.475. The van der Waals surface area contributed by atoms with Crippen molar-refractivity contribution in [1.29, 1.82) is 0 Å². The summed E-state index contributed by atoms with van der Waals surface area (Å²) in [4.78, 5) is 44.2. The van der Waals surface area contributed by atoms with Crippen LogP contribution in [-0.2, 0) is 35.0 Å². The Morgan fingerprint density at radius 1 is 0.978 bits per heavy atom. The molecule has 0 spiro atoms. The van der Waals surface area contributed by atoms with Crippen LogP contribution in [0, 0.1) is 17.8 Å². The van der Waals surface area contributed by atoms with E-state index in [4.69, 9.17) is 28.4 Å². The Morgan fingerprint density at radius 3 is 2.52 bits per heavy atom. The van der Waals surface area contributed by atoms with Gasteiger partial charge in [0.2, 0.25) is 0 Å². The van der Waals surface area contributed by atoms with Crippen LogP contribution in [0.15, 0.2) is 42.5 Å². The first-order chi connectivity index (χ1) is 22.2. The minimum atomic E-state index is -0.663. The summed E-state index contributed by atoms with van der Waals surface area (Å²) in [5, 5.41) is 1.21. The molecule has 11 nitrogen and oxygen atoms in total. The van der Waals surface area contributed by atoms with E-state index in [9.17, 15) is 14.4 Å². The molecule has 0 unspecified atom stereocenters. The molecule has 0 radical (unpaired) electrons. The molecule has 0 bridgehead atoms. The number of esters is 3. The first-order valence-corrected chi connectivity index (χ1v) is 15.5. The number of benzene rings is 2. The molecule has 2 fully saturated rings. The normalized spacial score (nSPS) is 25.7. The number of hydrogen-bond acceptors (Lipinski definition) is 10. The average molecular weight is 633 g/mol. The van der Waals surface area contributed by atoms with Crippen LogP contribution in [0.1, 0.15) is 42.6 Å². The van der Waals surface area contributed by atoms with Crippen LogP contribution < -0.4 is 14.2 Å². The Morgan fingerprint density at radius 2 is 1.80 bits per heavy atom. The van der Waals surface area contributed by atoms with E-state index in [1.165, 1.54) is 43.9 Å². The highest BCUT2D eigenvalue weighted by Crippen LogP contribution is 2.50. The van der Waals surface area contributed by atoms with E-state index in [1.807, 2.05) is 12.1 Å². The number of ether oxygens (including phenoxy) is 6. The molecule has 3 aromatic rings. The standard InChI is InChI=1S/C35H40N2O9/c1-19(38)45-29-14-20(6-10-28(29)42-3)7-11-31(39)46-30-15-21-18-37-13-12-24-23-9-8-22(41-2)16-26(23)36-33(24)27(37)17-25(21)32(34(30)43-4)35(40)44-5/h6-11,14,16,21,25,27,30,32,34,36H,12-13,15,17-18H2,1-5H3/t21-,25+,27-,30-,32+,34+/m1/s1. The van der Waals surface area contributed by atoms with Crippen LogP contribution in [0.25, 0.3) is 17.0 Å². The molecule has 11 heteroatoms. The molecule has 1 aliphatic carbocycles. The number of rotatable bonds is 8. The summed E-state index contributed by atoms with van der Waals surface area (Å²) < 4.78 is 33.1. The summed E-state index contributed by atoms with van der Waals surface area (Å²) in [5.41, 5.74) is 4.18. The predicted octanol–water partition coefficient (Wildman–Crippen LogP) is 4.48. The Bertz CT molecular complexity index is 1660. The fraction of sp³-hybridized carbons (Fsp3) is 0.457. The smallest absolute Gasteiger partial charge is 0.331 e. The highest BCUT2D eigenvalue weighted by Gasteiger charge is 2.54. The third kappa shape index (κ3) is 5.96. The van der Waals surface area contributed by atoms with E-state index in [2.05, 4.69) is 16.0 Å². The molecule has 6 rings (SSSR count). The summed E-state index contributed by atoms with van der Waals surface area (Å²) in [7, 11) is 6.08. The number of H-pyrrole nitrogens is 1. The van der Waals surface area contributed by atoms with Crippen LogP contribution >= 0.6 is 0 Å². The fourth-order valence-corrected chi connectivity index (χ4v) is 7.74. The number of aromatic nitrogens is 1. The lowest BCUT2D eigenvalue weighted by molar-refractivity contribution is -0.187. The number of hydrogen-bond donors (Lipinski definition) is 1. The Balaban J connectivity index is 1.22. The van der Waals surface area contributed by atoms with Crippen molar-refractivity contribution in [1.82, 2.24) is 9.88 Å². The highest BCUT2D eigenvalue weighted by molar-refractivity contribution is 5.88. The summed E-state index contributed by atoms with van der Waals surface area (Å²) in [6.07, 6.45) is 3.83. The van der Waals surface area contributed by atoms with Crippen LogP contribution in [0.5, 0.6) is 17.2 Å². The van der Waals surface area contributed by atoms with Gasteiger partial charge in [-0.15, -0.1) is 0 Å². The second-order valence-corrected chi connectivity index (χ2v) is 12.1. The predicted molar refractivity (Wildman–Crippen MR) is 169 cm³/mol.